The van der Waals surface area contributed by atoms with Gasteiger partial charge in [-0.1, -0.05) is 18.2 Å². The van der Waals surface area contributed by atoms with Crippen molar-refractivity contribution in [2.45, 2.75) is 45.5 Å². The maximum Gasteiger partial charge on any atom is 0.407 e. The van der Waals surface area contributed by atoms with Gasteiger partial charge in [0.05, 0.1) is 0 Å². The van der Waals surface area contributed by atoms with Crippen molar-refractivity contribution in [1.29, 1.82) is 0 Å². The summed E-state index contributed by atoms with van der Waals surface area (Å²) in [6.45, 7) is 7.01. The predicted molar refractivity (Wildman–Crippen MR) is 88.2 cm³/mol. The second-order valence-corrected chi connectivity index (χ2v) is 6.60. The first-order valence-electron chi connectivity index (χ1n) is 7.59. The van der Waals surface area contributed by atoms with Gasteiger partial charge in [0, 0.05) is 28.7 Å². The zero-order valence-electron chi connectivity index (χ0n) is 13.9. The number of rotatable bonds is 4. The maximum absolute atomic E-state index is 11.6. The average molecular weight is 320 g/mol. The van der Waals surface area contributed by atoms with Gasteiger partial charge in [0.1, 0.15) is 17.8 Å². The molecule has 126 valence electrons. The molecule has 6 nitrogen and oxygen atoms in total. The Morgan fingerprint density at radius 2 is 1.96 bits per heavy atom. The number of alkyl carbamates (subject to hydrolysis) is 1. The predicted octanol–water partition coefficient (Wildman–Crippen LogP) is 2.40. The molecule has 1 aromatic carbocycles. The van der Waals surface area contributed by atoms with Crippen molar-refractivity contribution in [2.24, 2.45) is 0 Å². The van der Waals surface area contributed by atoms with E-state index in [0.717, 1.165) is 16.6 Å². The minimum absolute atomic E-state index is 0.102. The summed E-state index contributed by atoms with van der Waals surface area (Å²) in [5.41, 5.74) is 1.71. The number of hydrogen-bond donors (Lipinski definition) is 4. The van der Waals surface area contributed by atoms with Crippen molar-refractivity contribution in [3.63, 3.8) is 0 Å². The average Bonchev–Trinajstić information content (AvgIpc) is 2.78. The molecule has 0 radical (unpaired) electrons. The largest absolute Gasteiger partial charge is 0.444 e. The van der Waals surface area contributed by atoms with Crippen molar-refractivity contribution in [2.75, 3.05) is 6.54 Å². The van der Waals surface area contributed by atoms with E-state index in [4.69, 9.17) is 4.74 Å². The number of nitrogens with one attached hydrogen (secondary N) is 2. The van der Waals surface area contributed by atoms with E-state index in [1.54, 1.807) is 20.8 Å². The molecule has 0 saturated carbocycles. The monoisotopic (exact) mass is 320 g/mol. The number of aliphatic hydroxyl groups is 2. The smallest absolute Gasteiger partial charge is 0.407 e. The van der Waals surface area contributed by atoms with E-state index < -0.39 is 23.9 Å². The number of fused-ring (bicyclic) bond motifs is 1. The number of hydrogen-bond acceptors (Lipinski definition) is 4. The summed E-state index contributed by atoms with van der Waals surface area (Å²) in [7, 11) is 0. The SMILES string of the molecule is Cc1[nH]c2ccccc2c1C(O)C(O)CNC(=O)OC(C)(C)C. The van der Waals surface area contributed by atoms with Crippen LogP contribution >= 0.6 is 0 Å². The summed E-state index contributed by atoms with van der Waals surface area (Å²) in [6, 6.07) is 7.56. The van der Waals surface area contributed by atoms with Crippen LogP contribution in [0, 0.1) is 6.92 Å². The molecule has 2 aromatic rings. The first kappa shape index (κ1) is 17.3. The molecule has 0 fully saturated rings. The number of benzene rings is 1. The van der Waals surface area contributed by atoms with Gasteiger partial charge in [-0.15, -0.1) is 0 Å². The molecular weight excluding hydrogens is 296 g/mol. The highest BCUT2D eigenvalue weighted by molar-refractivity contribution is 5.85. The van der Waals surface area contributed by atoms with Crippen molar-refractivity contribution in [3.8, 4) is 0 Å². The fraction of sp³-hybridized carbons (Fsp3) is 0.471. The molecule has 4 N–H and O–H groups in total. The highest BCUT2D eigenvalue weighted by Crippen LogP contribution is 2.29. The number of aromatic amines is 1. The summed E-state index contributed by atoms with van der Waals surface area (Å²) in [5, 5.41) is 23.9. The van der Waals surface area contributed by atoms with Crippen LogP contribution in [-0.2, 0) is 4.74 Å². The van der Waals surface area contributed by atoms with Gasteiger partial charge in [-0.05, 0) is 33.8 Å². The Morgan fingerprint density at radius 1 is 1.30 bits per heavy atom. The standard InChI is InChI=1S/C17H24N2O4/c1-10-14(11-7-5-6-8-12(11)19-10)15(21)13(20)9-18-16(22)23-17(2,3)4/h5-8,13,15,19-21H,9H2,1-4H3,(H,18,22). The van der Waals surface area contributed by atoms with E-state index >= 15 is 0 Å². The molecule has 1 aromatic heterocycles. The number of aliphatic hydroxyl groups excluding tert-OH is 2. The van der Waals surface area contributed by atoms with E-state index in [-0.39, 0.29) is 6.54 Å². The Kier molecular flexibility index (Phi) is 4.97. The quantitative estimate of drug-likeness (QED) is 0.696. The number of aromatic nitrogens is 1. The van der Waals surface area contributed by atoms with Gasteiger partial charge in [0.25, 0.3) is 0 Å². The summed E-state index contributed by atoms with van der Waals surface area (Å²) >= 11 is 0. The highest BCUT2D eigenvalue weighted by Gasteiger charge is 2.25. The molecule has 0 aliphatic carbocycles. The Morgan fingerprint density at radius 3 is 2.61 bits per heavy atom. The third kappa shape index (κ3) is 4.24. The van der Waals surface area contributed by atoms with Crippen LogP contribution in [0.25, 0.3) is 10.9 Å². The van der Waals surface area contributed by atoms with Crippen LogP contribution in [0.4, 0.5) is 4.79 Å². The topological polar surface area (TPSA) is 94.6 Å². The first-order valence-corrected chi connectivity index (χ1v) is 7.59. The van der Waals surface area contributed by atoms with Crippen LogP contribution in [0.1, 0.15) is 38.1 Å². The van der Waals surface area contributed by atoms with E-state index in [2.05, 4.69) is 10.3 Å². The number of carbonyl (C=O) groups excluding carboxylic acids is 1. The zero-order chi connectivity index (χ0) is 17.2. The van der Waals surface area contributed by atoms with Crippen molar-refractivity contribution in [1.82, 2.24) is 10.3 Å². The van der Waals surface area contributed by atoms with Crippen LogP contribution in [0.3, 0.4) is 0 Å². The molecule has 0 aliphatic rings. The highest BCUT2D eigenvalue weighted by atomic mass is 16.6. The second-order valence-electron chi connectivity index (χ2n) is 6.60. The molecule has 23 heavy (non-hydrogen) atoms. The van der Waals surface area contributed by atoms with Crippen LogP contribution in [0.15, 0.2) is 24.3 Å². The molecule has 0 spiro atoms. The van der Waals surface area contributed by atoms with E-state index in [9.17, 15) is 15.0 Å². The van der Waals surface area contributed by atoms with Gasteiger partial charge in [0.2, 0.25) is 0 Å². The maximum atomic E-state index is 11.6. The van der Waals surface area contributed by atoms with E-state index in [1.807, 2.05) is 31.2 Å². The third-order valence-electron chi connectivity index (χ3n) is 3.46. The molecule has 2 rings (SSSR count). The number of amides is 1. The lowest BCUT2D eigenvalue weighted by Crippen LogP contribution is -2.38. The molecule has 0 saturated heterocycles. The van der Waals surface area contributed by atoms with Gasteiger partial charge < -0.3 is 25.3 Å². The molecule has 1 heterocycles. The van der Waals surface area contributed by atoms with Gasteiger partial charge in [-0.3, -0.25) is 0 Å². The van der Waals surface area contributed by atoms with Crippen molar-refractivity contribution < 1.29 is 19.7 Å². The van der Waals surface area contributed by atoms with Crippen LogP contribution in [0.2, 0.25) is 0 Å². The normalized spacial score (nSPS) is 14.5. The van der Waals surface area contributed by atoms with Crippen molar-refractivity contribution >= 4 is 17.0 Å². The van der Waals surface area contributed by atoms with E-state index in [1.165, 1.54) is 0 Å². The number of aryl methyl sites for hydroxylation is 1. The van der Waals surface area contributed by atoms with E-state index in [0.29, 0.717) is 5.56 Å². The Bertz CT molecular complexity index is 687. The summed E-state index contributed by atoms with van der Waals surface area (Å²) < 4.78 is 5.10. The Hall–Kier alpha value is -2.05. The van der Waals surface area contributed by atoms with Gasteiger partial charge in [-0.25, -0.2) is 4.79 Å². The first-order chi connectivity index (χ1) is 10.7. The molecular formula is C17H24N2O4. The molecule has 0 bridgehead atoms. The van der Waals surface area contributed by atoms with Gasteiger partial charge in [0.15, 0.2) is 0 Å². The van der Waals surface area contributed by atoms with Crippen molar-refractivity contribution in [3.05, 3.63) is 35.5 Å². The third-order valence-corrected chi connectivity index (χ3v) is 3.46. The molecule has 0 aliphatic heterocycles. The fourth-order valence-corrected chi connectivity index (χ4v) is 2.49. The van der Waals surface area contributed by atoms with Crippen LogP contribution < -0.4 is 5.32 Å². The zero-order valence-corrected chi connectivity index (χ0v) is 13.9. The summed E-state index contributed by atoms with van der Waals surface area (Å²) in [6.07, 6.45) is -2.87. The minimum Gasteiger partial charge on any atom is -0.444 e. The molecule has 6 heteroatoms. The summed E-state index contributed by atoms with van der Waals surface area (Å²) in [5.74, 6) is 0. The molecule has 2 unspecified atom stereocenters. The number of ether oxygens (including phenoxy) is 1. The van der Waals surface area contributed by atoms with Crippen LogP contribution in [-0.4, -0.2) is 39.5 Å². The van der Waals surface area contributed by atoms with Gasteiger partial charge in [-0.2, -0.15) is 0 Å². The lowest BCUT2D eigenvalue weighted by atomic mass is 10.0. The molecule has 2 atom stereocenters. The molecule has 1 amide bonds. The summed E-state index contributed by atoms with van der Waals surface area (Å²) in [4.78, 5) is 14.8. The second kappa shape index (κ2) is 6.60. The van der Waals surface area contributed by atoms with Gasteiger partial charge >= 0.3 is 6.09 Å². The lowest BCUT2D eigenvalue weighted by molar-refractivity contribution is 0.0133. The number of para-hydroxylation sites is 1. The number of H-pyrrole nitrogens is 1. The minimum atomic E-state index is -1.14. The lowest BCUT2D eigenvalue weighted by Gasteiger charge is -2.22. The Balaban J connectivity index is 2.06. The Labute approximate surface area is 135 Å². The number of carbonyl (C=O) groups is 1. The fourth-order valence-electron chi connectivity index (χ4n) is 2.49. The van der Waals surface area contributed by atoms with Crippen LogP contribution in [0.5, 0.6) is 0 Å².